The maximum Gasteiger partial charge on any atom is 0.192 e. The van der Waals surface area contributed by atoms with Crippen molar-refractivity contribution in [3.8, 4) is 0 Å². The quantitative estimate of drug-likeness (QED) is 0.849. The lowest BCUT2D eigenvalue weighted by Gasteiger charge is -2.27. The summed E-state index contributed by atoms with van der Waals surface area (Å²) < 4.78 is 5.50. The Bertz CT molecular complexity index is 558. The Morgan fingerprint density at radius 1 is 1.25 bits per heavy atom. The highest BCUT2D eigenvalue weighted by Crippen LogP contribution is 2.18. The smallest absolute Gasteiger partial charge is 0.192 e. The molecule has 0 aliphatic carbocycles. The van der Waals surface area contributed by atoms with Crippen LogP contribution in [-0.2, 0) is 6.42 Å². The average Bonchev–Trinajstić information content (AvgIpc) is 2.84. The molecular weight excluding hydrogens is 250 g/mol. The van der Waals surface area contributed by atoms with Gasteiger partial charge in [-0.3, -0.25) is 0 Å². The summed E-state index contributed by atoms with van der Waals surface area (Å²) in [6.07, 6.45) is 3.65. The summed E-state index contributed by atoms with van der Waals surface area (Å²) in [5.74, 6) is 0.746. The number of hydrogen-bond donors (Lipinski definition) is 1. The second kappa shape index (κ2) is 6.37. The van der Waals surface area contributed by atoms with Crippen LogP contribution >= 0.6 is 0 Å². The van der Waals surface area contributed by atoms with E-state index in [1.807, 2.05) is 13.0 Å². The molecule has 4 heteroatoms. The number of unbranched alkanes of at least 4 members (excludes halogenated alkanes) is 1. The maximum absolute atomic E-state index is 5.50. The molecule has 4 nitrogen and oxygen atoms in total. The average molecular weight is 273 g/mol. The molecule has 0 spiro atoms. The Hall–Kier alpha value is -1.39. The SMILES string of the molecule is Cc1nc2cc(CCCCN3CCNCC3)ccc2o1. The van der Waals surface area contributed by atoms with E-state index in [4.69, 9.17) is 4.42 Å². The van der Waals surface area contributed by atoms with Crippen LogP contribution in [0.3, 0.4) is 0 Å². The van der Waals surface area contributed by atoms with Crippen LogP contribution in [0.4, 0.5) is 0 Å². The van der Waals surface area contributed by atoms with E-state index in [1.165, 1.54) is 38.0 Å². The van der Waals surface area contributed by atoms with Crippen molar-refractivity contribution in [3.05, 3.63) is 29.7 Å². The molecule has 20 heavy (non-hydrogen) atoms. The first-order chi connectivity index (χ1) is 9.81. The molecule has 2 aromatic rings. The third-order valence-electron chi connectivity index (χ3n) is 3.96. The minimum atomic E-state index is 0.746. The van der Waals surface area contributed by atoms with Crippen LogP contribution in [0.1, 0.15) is 24.3 Å². The van der Waals surface area contributed by atoms with E-state index in [2.05, 4.69) is 27.3 Å². The number of fused-ring (bicyclic) bond motifs is 1. The Morgan fingerprint density at radius 2 is 2.10 bits per heavy atom. The normalized spacial score (nSPS) is 16.9. The summed E-state index contributed by atoms with van der Waals surface area (Å²) in [5, 5.41) is 3.39. The van der Waals surface area contributed by atoms with Gasteiger partial charge in [0, 0.05) is 33.1 Å². The summed E-state index contributed by atoms with van der Waals surface area (Å²) >= 11 is 0. The van der Waals surface area contributed by atoms with Crippen molar-refractivity contribution in [1.29, 1.82) is 0 Å². The van der Waals surface area contributed by atoms with Gasteiger partial charge in [0.25, 0.3) is 0 Å². The van der Waals surface area contributed by atoms with Gasteiger partial charge in [0.15, 0.2) is 11.5 Å². The van der Waals surface area contributed by atoms with Crippen molar-refractivity contribution in [3.63, 3.8) is 0 Å². The first-order valence-electron chi connectivity index (χ1n) is 7.60. The molecule has 108 valence electrons. The molecule has 0 saturated carbocycles. The standard InChI is InChI=1S/C16H23N3O/c1-13-18-15-12-14(5-6-16(15)20-13)4-2-3-9-19-10-7-17-8-11-19/h5-6,12,17H,2-4,7-11H2,1H3. The molecule has 1 aliphatic rings. The molecule has 0 amide bonds. The fourth-order valence-corrected chi connectivity index (χ4v) is 2.84. The molecule has 1 saturated heterocycles. The van der Waals surface area contributed by atoms with Crippen molar-refractivity contribution in [1.82, 2.24) is 15.2 Å². The molecule has 0 radical (unpaired) electrons. The summed E-state index contributed by atoms with van der Waals surface area (Å²) in [4.78, 5) is 6.95. The second-order valence-electron chi connectivity index (χ2n) is 5.58. The first kappa shape index (κ1) is 13.6. The summed E-state index contributed by atoms with van der Waals surface area (Å²) in [6.45, 7) is 7.80. The lowest BCUT2D eigenvalue weighted by Crippen LogP contribution is -2.43. The summed E-state index contributed by atoms with van der Waals surface area (Å²) in [6, 6.07) is 6.37. The monoisotopic (exact) mass is 273 g/mol. The second-order valence-corrected chi connectivity index (χ2v) is 5.58. The summed E-state index contributed by atoms with van der Waals surface area (Å²) in [5.41, 5.74) is 3.25. The lowest BCUT2D eigenvalue weighted by molar-refractivity contribution is 0.237. The highest BCUT2D eigenvalue weighted by Gasteiger charge is 2.08. The Kier molecular flexibility index (Phi) is 4.33. The zero-order chi connectivity index (χ0) is 13.8. The van der Waals surface area contributed by atoms with Gasteiger partial charge >= 0.3 is 0 Å². The molecule has 0 unspecified atom stereocenters. The molecule has 1 aliphatic heterocycles. The predicted octanol–water partition coefficient (Wildman–Crippen LogP) is 2.36. The number of piperazine rings is 1. The predicted molar refractivity (Wildman–Crippen MR) is 81.0 cm³/mol. The molecule has 0 atom stereocenters. The number of oxazole rings is 1. The highest BCUT2D eigenvalue weighted by molar-refractivity contribution is 5.73. The molecule has 2 heterocycles. The van der Waals surface area contributed by atoms with Gasteiger partial charge in [-0.05, 0) is 43.5 Å². The van der Waals surface area contributed by atoms with Gasteiger partial charge in [-0.2, -0.15) is 0 Å². The minimum absolute atomic E-state index is 0.746. The van der Waals surface area contributed by atoms with Crippen molar-refractivity contribution in [2.75, 3.05) is 32.7 Å². The van der Waals surface area contributed by atoms with E-state index in [1.54, 1.807) is 0 Å². The van der Waals surface area contributed by atoms with Gasteiger partial charge in [0.1, 0.15) is 5.52 Å². The van der Waals surface area contributed by atoms with E-state index in [9.17, 15) is 0 Å². The number of benzene rings is 1. The third-order valence-corrected chi connectivity index (χ3v) is 3.96. The zero-order valence-electron chi connectivity index (χ0n) is 12.2. The Labute approximate surface area is 120 Å². The molecule has 1 N–H and O–H groups in total. The van der Waals surface area contributed by atoms with Crippen LogP contribution < -0.4 is 5.32 Å². The number of nitrogens with zero attached hydrogens (tertiary/aromatic N) is 2. The minimum Gasteiger partial charge on any atom is -0.441 e. The highest BCUT2D eigenvalue weighted by atomic mass is 16.3. The van der Waals surface area contributed by atoms with E-state index in [0.29, 0.717) is 0 Å². The number of aryl methyl sites for hydroxylation is 2. The van der Waals surface area contributed by atoms with Gasteiger partial charge in [0.2, 0.25) is 0 Å². The van der Waals surface area contributed by atoms with Gasteiger partial charge in [-0.1, -0.05) is 6.07 Å². The van der Waals surface area contributed by atoms with E-state index in [-0.39, 0.29) is 0 Å². The first-order valence-corrected chi connectivity index (χ1v) is 7.60. The number of hydrogen-bond acceptors (Lipinski definition) is 4. The van der Waals surface area contributed by atoms with Gasteiger partial charge in [0.05, 0.1) is 0 Å². The van der Waals surface area contributed by atoms with Gasteiger partial charge < -0.3 is 14.6 Å². The van der Waals surface area contributed by atoms with Crippen LogP contribution in [0.15, 0.2) is 22.6 Å². The van der Waals surface area contributed by atoms with E-state index < -0.39 is 0 Å². The summed E-state index contributed by atoms with van der Waals surface area (Å²) in [7, 11) is 0. The van der Waals surface area contributed by atoms with Crippen LogP contribution in [0.5, 0.6) is 0 Å². The van der Waals surface area contributed by atoms with Crippen molar-refractivity contribution in [2.24, 2.45) is 0 Å². The fraction of sp³-hybridized carbons (Fsp3) is 0.562. The van der Waals surface area contributed by atoms with Crippen LogP contribution in [0.25, 0.3) is 11.1 Å². The number of rotatable bonds is 5. The largest absolute Gasteiger partial charge is 0.441 e. The zero-order valence-corrected chi connectivity index (χ0v) is 12.2. The number of nitrogens with one attached hydrogen (secondary N) is 1. The Morgan fingerprint density at radius 3 is 2.95 bits per heavy atom. The van der Waals surface area contributed by atoms with E-state index in [0.717, 1.165) is 36.5 Å². The molecule has 1 aromatic carbocycles. The molecule has 3 rings (SSSR count). The van der Waals surface area contributed by atoms with Gasteiger partial charge in [-0.15, -0.1) is 0 Å². The molecular formula is C16H23N3O. The lowest BCUT2D eigenvalue weighted by atomic mass is 10.1. The molecule has 1 fully saturated rings. The van der Waals surface area contributed by atoms with Crippen molar-refractivity contribution in [2.45, 2.75) is 26.2 Å². The van der Waals surface area contributed by atoms with Crippen LogP contribution in [0.2, 0.25) is 0 Å². The van der Waals surface area contributed by atoms with E-state index >= 15 is 0 Å². The fourth-order valence-electron chi connectivity index (χ4n) is 2.84. The topological polar surface area (TPSA) is 41.3 Å². The van der Waals surface area contributed by atoms with Gasteiger partial charge in [-0.25, -0.2) is 4.98 Å². The Balaban J connectivity index is 1.46. The maximum atomic E-state index is 5.50. The molecule has 0 bridgehead atoms. The van der Waals surface area contributed by atoms with Crippen molar-refractivity contribution >= 4 is 11.1 Å². The van der Waals surface area contributed by atoms with Crippen LogP contribution in [-0.4, -0.2) is 42.6 Å². The third kappa shape index (κ3) is 3.38. The van der Waals surface area contributed by atoms with Crippen LogP contribution in [0, 0.1) is 6.92 Å². The molecule has 1 aromatic heterocycles. The number of aromatic nitrogens is 1. The van der Waals surface area contributed by atoms with Crippen molar-refractivity contribution < 1.29 is 4.42 Å².